The first-order chi connectivity index (χ1) is 7.15. The number of ether oxygens (including phenoxy) is 1. The Kier molecular flexibility index (Phi) is 8.85. The quantitative estimate of drug-likeness (QED) is 0.608. The molecule has 0 aromatic carbocycles. The molecule has 0 rings (SSSR count). The summed E-state index contributed by atoms with van der Waals surface area (Å²) in [6.45, 7) is 4.22. The molecule has 90 valence electrons. The number of aliphatic hydroxyl groups is 1. The van der Waals surface area contributed by atoms with Crippen molar-refractivity contribution in [3.8, 4) is 0 Å². The Morgan fingerprint density at radius 3 is 2.67 bits per heavy atom. The van der Waals surface area contributed by atoms with Gasteiger partial charge in [0.15, 0.2) is 0 Å². The number of hydrogen-bond acceptors (Lipinski definition) is 5. The monoisotopic (exact) mass is 235 g/mol. The van der Waals surface area contributed by atoms with Gasteiger partial charge in [-0.25, -0.2) is 0 Å². The minimum Gasteiger partial charge on any atom is -0.465 e. The first kappa shape index (κ1) is 14.7. The molecule has 0 aliphatic carbocycles. The van der Waals surface area contributed by atoms with Crippen LogP contribution < -0.4 is 5.73 Å². The molecule has 0 fully saturated rings. The van der Waals surface area contributed by atoms with E-state index in [9.17, 15) is 4.79 Å². The van der Waals surface area contributed by atoms with E-state index < -0.39 is 0 Å². The SMILES string of the molecule is CCCC(N)C(CO)SCC(=O)OCC. The summed E-state index contributed by atoms with van der Waals surface area (Å²) in [4.78, 5) is 11.1. The third-order valence-corrected chi connectivity index (χ3v) is 3.33. The molecule has 0 spiro atoms. The smallest absolute Gasteiger partial charge is 0.315 e. The van der Waals surface area contributed by atoms with E-state index in [1.165, 1.54) is 11.8 Å². The van der Waals surface area contributed by atoms with Crippen molar-refractivity contribution < 1.29 is 14.6 Å². The summed E-state index contributed by atoms with van der Waals surface area (Å²) < 4.78 is 4.79. The summed E-state index contributed by atoms with van der Waals surface area (Å²) in [5, 5.41) is 9.04. The van der Waals surface area contributed by atoms with Gasteiger partial charge in [-0.2, -0.15) is 0 Å². The minimum absolute atomic E-state index is 0.00520. The molecule has 3 N–H and O–H groups in total. The molecule has 0 saturated carbocycles. The molecule has 5 heteroatoms. The molecule has 0 bridgehead atoms. The Hall–Kier alpha value is -0.260. The van der Waals surface area contributed by atoms with Crippen LogP contribution in [-0.2, 0) is 9.53 Å². The normalized spacial score (nSPS) is 14.7. The van der Waals surface area contributed by atoms with Crippen molar-refractivity contribution in [3.63, 3.8) is 0 Å². The Morgan fingerprint density at radius 1 is 1.53 bits per heavy atom. The van der Waals surface area contributed by atoms with Crippen LogP contribution in [0.2, 0.25) is 0 Å². The molecule has 2 unspecified atom stereocenters. The third kappa shape index (κ3) is 6.76. The fraction of sp³-hybridized carbons (Fsp3) is 0.900. The number of rotatable bonds is 8. The molecule has 0 heterocycles. The van der Waals surface area contributed by atoms with Crippen molar-refractivity contribution in [2.24, 2.45) is 5.73 Å². The van der Waals surface area contributed by atoms with Gasteiger partial charge >= 0.3 is 5.97 Å². The van der Waals surface area contributed by atoms with Crippen LogP contribution in [-0.4, -0.2) is 41.3 Å². The largest absolute Gasteiger partial charge is 0.465 e. The van der Waals surface area contributed by atoms with Crippen molar-refractivity contribution in [2.75, 3.05) is 19.0 Å². The first-order valence-electron chi connectivity index (χ1n) is 5.29. The Balaban J connectivity index is 3.83. The Bertz CT molecular complexity index is 178. The summed E-state index contributed by atoms with van der Waals surface area (Å²) in [5.74, 6) is 0.0147. The fourth-order valence-electron chi connectivity index (χ4n) is 1.21. The average Bonchev–Trinajstić information content (AvgIpc) is 2.19. The van der Waals surface area contributed by atoms with E-state index in [2.05, 4.69) is 0 Å². The van der Waals surface area contributed by atoms with E-state index in [4.69, 9.17) is 15.6 Å². The second kappa shape index (κ2) is 9.00. The van der Waals surface area contributed by atoms with Crippen molar-refractivity contribution in [1.29, 1.82) is 0 Å². The van der Waals surface area contributed by atoms with Crippen LogP contribution in [0.3, 0.4) is 0 Å². The lowest BCUT2D eigenvalue weighted by Crippen LogP contribution is -2.35. The van der Waals surface area contributed by atoms with Gasteiger partial charge in [-0.1, -0.05) is 13.3 Å². The van der Waals surface area contributed by atoms with E-state index in [1.54, 1.807) is 6.92 Å². The Morgan fingerprint density at radius 2 is 2.20 bits per heavy atom. The highest BCUT2D eigenvalue weighted by molar-refractivity contribution is 8.00. The van der Waals surface area contributed by atoms with E-state index in [1.807, 2.05) is 6.92 Å². The molecule has 0 aliphatic rings. The van der Waals surface area contributed by atoms with Crippen LogP contribution >= 0.6 is 11.8 Å². The highest BCUT2D eigenvalue weighted by Crippen LogP contribution is 2.16. The summed E-state index contributed by atoms with van der Waals surface area (Å²) in [7, 11) is 0. The predicted octanol–water partition coefficient (Wildman–Crippen LogP) is 0.771. The lowest BCUT2D eigenvalue weighted by molar-refractivity contribution is -0.139. The van der Waals surface area contributed by atoms with Gasteiger partial charge in [-0.3, -0.25) is 4.79 Å². The predicted molar refractivity (Wildman–Crippen MR) is 62.8 cm³/mol. The highest BCUT2D eigenvalue weighted by Gasteiger charge is 2.18. The molecule has 0 saturated heterocycles. The summed E-state index contributed by atoms with van der Waals surface area (Å²) in [6, 6.07) is -0.0561. The zero-order valence-electron chi connectivity index (χ0n) is 9.44. The van der Waals surface area contributed by atoms with Crippen LogP contribution in [0.1, 0.15) is 26.7 Å². The average molecular weight is 235 g/mol. The number of nitrogens with two attached hydrogens (primary N) is 1. The number of esters is 1. The zero-order valence-corrected chi connectivity index (χ0v) is 10.3. The summed E-state index contributed by atoms with van der Waals surface area (Å²) in [6.07, 6.45) is 1.85. The summed E-state index contributed by atoms with van der Waals surface area (Å²) >= 11 is 1.37. The van der Waals surface area contributed by atoms with E-state index in [-0.39, 0.29) is 29.6 Å². The van der Waals surface area contributed by atoms with Gasteiger partial charge < -0.3 is 15.6 Å². The lowest BCUT2D eigenvalue weighted by atomic mass is 10.1. The topological polar surface area (TPSA) is 72.5 Å². The summed E-state index contributed by atoms with van der Waals surface area (Å²) in [5.41, 5.74) is 5.87. The maximum atomic E-state index is 11.1. The van der Waals surface area contributed by atoms with Crippen LogP contribution in [0, 0.1) is 0 Å². The van der Waals surface area contributed by atoms with Crippen LogP contribution in [0.4, 0.5) is 0 Å². The van der Waals surface area contributed by atoms with E-state index in [0.717, 1.165) is 12.8 Å². The molecule has 0 amide bonds. The van der Waals surface area contributed by atoms with Gasteiger partial charge in [0, 0.05) is 11.3 Å². The van der Waals surface area contributed by atoms with E-state index in [0.29, 0.717) is 6.61 Å². The number of hydrogen-bond donors (Lipinski definition) is 2. The Labute approximate surface area is 95.6 Å². The van der Waals surface area contributed by atoms with Crippen molar-refractivity contribution in [2.45, 2.75) is 38.0 Å². The second-order valence-electron chi connectivity index (χ2n) is 3.29. The van der Waals surface area contributed by atoms with Crippen LogP contribution in [0.25, 0.3) is 0 Å². The van der Waals surface area contributed by atoms with Crippen molar-refractivity contribution in [1.82, 2.24) is 0 Å². The molecule has 0 aromatic rings. The second-order valence-corrected chi connectivity index (χ2v) is 4.52. The maximum Gasteiger partial charge on any atom is 0.315 e. The molecule has 0 radical (unpaired) electrons. The van der Waals surface area contributed by atoms with Gasteiger partial charge in [0.1, 0.15) is 0 Å². The number of carbonyl (C=O) groups excluding carboxylic acids is 1. The van der Waals surface area contributed by atoms with E-state index >= 15 is 0 Å². The van der Waals surface area contributed by atoms with Gasteiger partial charge in [-0.15, -0.1) is 11.8 Å². The van der Waals surface area contributed by atoms with Gasteiger partial charge in [0.2, 0.25) is 0 Å². The number of thioether (sulfide) groups is 1. The van der Waals surface area contributed by atoms with Crippen molar-refractivity contribution in [3.05, 3.63) is 0 Å². The van der Waals surface area contributed by atoms with Gasteiger partial charge in [0.25, 0.3) is 0 Å². The highest BCUT2D eigenvalue weighted by atomic mass is 32.2. The number of carbonyl (C=O) groups is 1. The molecule has 0 aliphatic heterocycles. The lowest BCUT2D eigenvalue weighted by Gasteiger charge is -2.20. The minimum atomic E-state index is -0.246. The van der Waals surface area contributed by atoms with Gasteiger partial charge in [-0.05, 0) is 13.3 Å². The van der Waals surface area contributed by atoms with Crippen molar-refractivity contribution >= 4 is 17.7 Å². The first-order valence-corrected chi connectivity index (χ1v) is 6.34. The third-order valence-electron chi connectivity index (χ3n) is 2.00. The standard InChI is InChI=1S/C10H21NO3S/c1-3-5-8(11)9(6-12)15-7-10(13)14-4-2/h8-9,12H,3-7,11H2,1-2H3. The van der Waals surface area contributed by atoms with Crippen LogP contribution in [0.15, 0.2) is 0 Å². The van der Waals surface area contributed by atoms with Crippen LogP contribution in [0.5, 0.6) is 0 Å². The molecular weight excluding hydrogens is 214 g/mol. The van der Waals surface area contributed by atoms with Gasteiger partial charge in [0.05, 0.1) is 19.0 Å². The molecule has 15 heavy (non-hydrogen) atoms. The maximum absolute atomic E-state index is 11.1. The molecule has 0 aromatic heterocycles. The number of aliphatic hydroxyl groups excluding tert-OH is 1. The molecule has 4 nitrogen and oxygen atoms in total. The zero-order chi connectivity index (χ0) is 11.7. The fourth-order valence-corrected chi connectivity index (χ4v) is 2.13. The molecular formula is C10H21NO3S. The molecule has 2 atom stereocenters.